The number of anilines is 2. The lowest BCUT2D eigenvalue weighted by atomic mass is 10.1. The molecular formula is C38H31ClN4O3S. The first-order valence-electron chi connectivity index (χ1n) is 15.1. The zero-order valence-electron chi connectivity index (χ0n) is 25.5. The average Bonchev–Trinajstić information content (AvgIpc) is 3.41. The molecule has 0 radical (unpaired) electrons. The average molecular weight is 659 g/mol. The summed E-state index contributed by atoms with van der Waals surface area (Å²) in [4.78, 5) is 40.2. The Morgan fingerprint density at radius 1 is 0.745 bits per heavy atom. The summed E-state index contributed by atoms with van der Waals surface area (Å²) in [6.45, 7) is 2.98. The highest BCUT2D eigenvalue weighted by Crippen LogP contribution is 2.31. The summed E-state index contributed by atoms with van der Waals surface area (Å²) in [5.74, 6) is -0.910. The Bertz CT molecular complexity index is 2140. The molecule has 6 aromatic rings. The number of amides is 3. The van der Waals surface area contributed by atoms with Crippen LogP contribution in [0.15, 0.2) is 132 Å². The fraction of sp³-hybridized carbons (Fsp3) is 0.0789. The van der Waals surface area contributed by atoms with Crippen molar-refractivity contribution in [2.24, 2.45) is 0 Å². The van der Waals surface area contributed by atoms with Gasteiger partial charge in [0.25, 0.3) is 11.8 Å². The van der Waals surface area contributed by atoms with Crippen LogP contribution in [0.4, 0.5) is 11.4 Å². The lowest BCUT2D eigenvalue weighted by Gasteiger charge is -2.12. The van der Waals surface area contributed by atoms with E-state index in [-0.39, 0.29) is 17.4 Å². The van der Waals surface area contributed by atoms with E-state index in [0.29, 0.717) is 21.8 Å². The van der Waals surface area contributed by atoms with Gasteiger partial charge in [0.05, 0.1) is 5.75 Å². The van der Waals surface area contributed by atoms with E-state index in [2.05, 4.69) is 39.6 Å². The summed E-state index contributed by atoms with van der Waals surface area (Å²) < 4.78 is 2.27. The Kier molecular flexibility index (Phi) is 9.71. The molecule has 9 heteroatoms. The van der Waals surface area contributed by atoms with Gasteiger partial charge in [-0.05, 0) is 79.2 Å². The van der Waals surface area contributed by atoms with Gasteiger partial charge >= 0.3 is 0 Å². The first-order chi connectivity index (χ1) is 22.9. The number of thioether (sulfide) groups is 1. The van der Waals surface area contributed by atoms with Crippen LogP contribution in [0.5, 0.6) is 0 Å². The van der Waals surface area contributed by atoms with Crippen LogP contribution in [0.1, 0.15) is 22.8 Å². The maximum atomic E-state index is 13.5. The minimum atomic E-state index is -0.520. The molecule has 0 bridgehead atoms. The van der Waals surface area contributed by atoms with Gasteiger partial charge in [0.2, 0.25) is 5.91 Å². The van der Waals surface area contributed by atoms with Crippen molar-refractivity contribution in [3.8, 4) is 0 Å². The van der Waals surface area contributed by atoms with Crippen LogP contribution in [0.2, 0.25) is 5.02 Å². The van der Waals surface area contributed by atoms with Crippen LogP contribution in [-0.4, -0.2) is 28.0 Å². The van der Waals surface area contributed by atoms with E-state index in [1.54, 1.807) is 72.8 Å². The van der Waals surface area contributed by atoms with Crippen molar-refractivity contribution < 1.29 is 14.4 Å². The molecule has 0 unspecified atom stereocenters. The van der Waals surface area contributed by atoms with Crippen LogP contribution in [-0.2, 0) is 16.1 Å². The third-order valence-electron chi connectivity index (χ3n) is 7.57. The molecule has 5 aromatic carbocycles. The van der Waals surface area contributed by atoms with E-state index in [1.807, 2.05) is 42.5 Å². The Balaban J connectivity index is 1.13. The van der Waals surface area contributed by atoms with Gasteiger partial charge in [-0.3, -0.25) is 14.4 Å². The van der Waals surface area contributed by atoms with Gasteiger partial charge in [-0.2, -0.15) is 0 Å². The molecule has 0 atom stereocenters. The molecule has 0 fully saturated rings. The molecule has 47 heavy (non-hydrogen) atoms. The molecule has 0 saturated heterocycles. The quantitative estimate of drug-likeness (QED) is 0.102. The number of aromatic nitrogens is 1. The summed E-state index contributed by atoms with van der Waals surface area (Å²) in [6.07, 6.45) is 1.54. The number of nitrogens with one attached hydrogen (secondary N) is 3. The molecule has 0 spiro atoms. The molecule has 6 rings (SSSR count). The topological polar surface area (TPSA) is 92.2 Å². The van der Waals surface area contributed by atoms with Crippen LogP contribution in [0, 0.1) is 0 Å². The number of halogens is 1. The van der Waals surface area contributed by atoms with Gasteiger partial charge in [0.1, 0.15) is 5.70 Å². The molecule has 0 aliphatic carbocycles. The van der Waals surface area contributed by atoms with Gasteiger partial charge in [0, 0.05) is 55.2 Å². The number of para-hydroxylation sites is 1. The molecular weight excluding hydrogens is 628 g/mol. The Hall–Kier alpha value is -5.31. The number of hydrogen-bond donors (Lipinski definition) is 3. The number of aryl methyl sites for hydroxylation is 1. The number of carbonyl (C=O) groups excluding carboxylic acids is 3. The van der Waals surface area contributed by atoms with Crippen molar-refractivity contribution in [2.75, 3.05) is 16.4 Å². The van der Waals surface area contributed by atoms with E-state index in [9.17, 15) is 14.4 Å². The van der Waals surface area contributed by atoms with Crippen molar-refractivity contribution in [2.45, 2.75) is 18.4 Å². The van der Waals surface area contributed by atoms with Crippen LogP contribution in [0.25, 0.3) is 27.9 Å². The van der Waals surface area contributed by atoms with Crippen molar-refractivity contribution in [1.82, 2.24) is 9.88 Å². The highest BCUT2D eigenvalue weighted by atomic mass is 35.5. The third-order valence-corrected chi connectivity index (χ3v) is 8.91. The molecule has 0 aliphatic rings. The van der Waals surface area contributed by atoms with E-state index in [0.717, 1.165) is 33.4 Å². The predicted molar refractivity (Wildman–Crippen MR) is 193 cm³/mol. The fourth-order valence-corrected chi connectivity index (χ4v) is 6.32. The highest BCUT2D eigenvalue weighted by Gasteiger charge is 2.16. The highest BCUT2D eigenvalue weighted by molar-refractivity contribution is 8.00. The Labute approximate surface area is 281 Å². The van der Waals surface area contributed by atoms with E-state index < -0.39 is 11.8 Å². The largest absolute Gasteiger partial charge is 0.341 e. The Morgan fingerprint density at radius 2 is 1.47 bits per heavy atom. The van der Waals surface area contributed by atoms with Crippen LogP contribution in [0.3, 0.4) is 0 Å². The van der Waals surface area contributed by atoms with Crippen molar-refractivity contribution in [1.29, 1.82) is 0 Å². The predicted octanol–water partition coefficient (Wildman–Crippen LogP) is 8.61. The van der Waals surface area contributed by atoms with E-state index in [1.165, 1.54) is 17.3 Å². The number of carbonyl (C=O) groups is 3. The number of hydrogen-bond acceptors (Lipinski definition) is 4. The normalized spacial score (nSPS) is 11.4. The molecule has 1 heterocycles. The Morgan fingerprint density at radius 3 is 2.28 bits per heavy atom. The smallest absolute Gasteiger partial charge is 0.272 e. The second-order valence-electron chi connectivity index (χ2n) is 10.7. The number of nitrogens with zero attached hydrogens (tertiary/aromatic N) is 1. The summed E-state index contributed by atoms with van der Waals surface area (Å²) in [6, 6.07) is 37.2. The SMILES string of the molecule is CCn1c2ccccc2c2cc(NC(=O)CSc3cccc(NC(=O)/C(=C\c4ccccc4Cl)NC(=O)c4ccccc4)c3)ccc21. The maximum Gasteiger partial charge on any atom is 0.272 e. The summed E-state index contributed by atoms with van der Waals surface area (Å²) in [7, 11) is 0. The zero-order chi connectivity index (χ0) is 32.8. The number of rotatable bonds is 10. The van der Waals surface area contributed by atoms with Crippen molar-refractivity contribution in [3.63, 3.8) is 0 Å². The van der Waals surface area contributed by atoms with E-state index >= 15 is 0 Å². The second kappa shape index (κ2) is 14.4. The zero-order valence-corrected chi connectivity index (χ0v) is 27.1. The van der Waals surface area contributed by atoms with Gasteiger partial charge in [-0.15, -0.1) is 11.8 Å². The standard InChI is InChI=1S/C38H31ClN4O3S/c1-2-43-34-18-9-7-16-30(34)31-23-28(19-20-35(31)43)40-36(44)24-47-29-15-10-14-27(22-29)41-38(46)33(21-26-13-6-8-17-32(26)39)42-37(45)25-11-4-3-5-12-25/h3-23H,2,24H2,1H3,(H,40,44)(H,41,46)(H,42,45)/b33-21+. The van der Waals surface area contributed by atoms with Crippen LogP contribution >= 0.6 is 23.4 Å². The van der Waals surface area contributed by atoms with Gasteiger partial charge in [-0.1, -0.05) is 72.3 Å². The van der Waals surface area contributed by atoms with Gasteiger partial charge < -0.3 is 20.5 Å². The summed E-state index contributed by atoms with van der Waals surface area (Å²) in [5, 5.41) is 11.3. The van der Waals surface area contributed by atoms with Crippen molar-refractivity contribution >= 4 is 80.3 Å². The first-order valence-corrected chi connectivity index (χ1v) is 16.4. The minimum absolute atomic E-state index is 0.0309. The maximum absolute atomic E-state index is 13.5. The first kappa shape index (κ1) is 31.7. The molecule has 0 aliphatic heterocycles. The molecule has 3 N–H and O–H groups in total. The molecule has 0 saturated carbocycles. The summed E-state index contributed by atoms with van der Waals surface area (Å²) >= 11 is 7.70. The molecule has 234 valence electrons. The van der Waals surface area contributed by atoms with Gasteiger partial charge in [-0.25, -0.2) is 0 Å². The number of fused-ring (bicyclic) bond motifs is 3. The summed E-state index contributed by atoms with van der Waals surface area (Å²) in [5.41, 5.74) is 4.57. The lowest BCUT2D eigenvalue weighted by molar-refractivity contribution is -0.114. The number of benzene rings is 5. The monoisotopic (exact) mass is 658 g/mol. The van der Waals surface area contributed by atoms with Crippen molar-refractivity contribution in [3.05, 3.63) is 143 Å². The molecule has 7 nitrogen and oxygen atoms in total. The fourth-order valence-electron chi connectivity index (χ4n) is 5.37. The van der Waals surface area contributed by atoms with E-state index in [4.69, 9.17) is 11.6 Å². The lowest BCUT2D eigenvalue weighted by Crippen LogP contribution is -2.30. The minimum Gasteiger partial charge on any atom is -0.341 e. The van der Waals surface area contributed by atoms with Gasteiger partial charge in [0.15, 0.2) is 0 Å². The third kappa shape index (κ3) is 7.41. The molecule has 3 amide bonds. The molecule has 1 aromatic heterocycles. The second-order valence-corrected chi connectivity index (χ2v) is 12.2. The van der Waals surface area contributed by atoms with Crippen LogP contribution < -0.4 is 16.0 Å².